The van der Waals surface area contributed by atoms with Crippen molar-refractivity contribution in [1.82, 2.24) is 0 Å². The molecule has 0 bridgehead atoms. The van der Waals surface area contributed by atoms with Crippen LogP contribution in [-0.2, 0) is 9.53 Å². The van der Waals surface area contributed by atoms with E-state index in [9.17, 15) is 4.79 Å². The van der Waals surface area contributed by atoms with Crippen molar-refractivity contribution in [3.8, 4) is 5.75 Å². The topological polar surface area (TPSA) is 35.5 Å². The molecule has 0 saturated heterocycles. The van der Waals surface area contributed by atoms with E-state index in [4.69, 9.17) is 9.47 Å². The zero-order valence-corrected chi connectivity index (χ0v) is 12.2. The molecule has 3 nitrogen and oxygen atoms in total. The van der Waals surface area contributed by atoms with Crippen LogP contribution >= 0.6 is 0 Å². The van der Waals surface area contributed by atoms with Crippen molar-refractivity contribution in [3.05, 3.63) is 42.5 Å². The molecular formula is C17H20O3. The summed E-state index contributed by atoms with van der Waals surface area (Å²) in [5, 5.41) is 2.30. The Morgan fingerprint density at radius 2 is 1.75 bits per heavy atom. The number of hydrogen-bond donors (Lipinski definition) is 0. The van der Waals surface area contributed by atoms with Gasteiger partial charge in [-0.15, -0.1) is 0 Å². The van der Waals surface area contributed by atoms with Crippen LogP contribution in [0, 0.1) is 0 Å². The van der Waals surface area contributed by atoms with Gasteiger partial charge in [0.15, 0.2) is 0 Å². The second kappa shape index (κ2) is 5.95. The van der Waals surface area contributed by atoms with Crippen molar-refractivity contribution >= 4 is 16.7 Å². The Morgan fingerprint density at radius 1 is 1.05 bits per heavy atom. The lowest BCUT2D eigenvalue weighted by atomic mass is 10.1. The molecule has 106 valence electrons. The lowest BCUT2D eigenvalue weighted by Crippen LogP contribution is -2.24. The van der Waals surface area contributed by atoms with Crippen molar-refractivity contribution < 1.29 is 14.3 Å². The van der Waals surface area contributed by atoms with E-state index in [0.29, 0.717) is 6.61 Å². The summed E-state index contributed by atoms with van der Waals surface area (Å²) in [5.74, 6) is 0.533. The first-order valence-corrected chi connectivity index (χ1v) is 6.77. The van der Waals surface area contributed by atoms with Crippen LogP contribution in [0.15, 0.2) is 42.5 Å². The summed E-state index contributed by atoms with van der Waals surface area (Å²) in [7, 11) is 0. The van der Waals surface area contributed by atoms with Crippen LogP contribution in [0.1, 0.15) is 27.2 Å². The van der Waals surface area contributed by atoms with Crippen molar-refractivity contribution in [2.75, 3.05) is 6.61 Å². The smallest absolute Gasteiger partial charge is 0.309 e. The van der Waals surface area contributed by atoms with Gasteiger partial charge in [-0.2, -0.15) is 0 Å². The molecule has 20 heavy (non-hydrogen) atoms. The van der Waals surface area contributed by atoms with Gasteiger partial charge in [0.1, 0.15) is 11.4 Å². The standard InChI is InChI=1S/C17H20O3/c1-17(2,3)20-16(18)10-11-19-15-9-8-13-6-4-5-7-14(13)12-15/h4-9,12H,10-11H2,1-3H3. The highest BCUT2D eigenvalue weighted by atomic mass is 16.6. The van der Waals surface area contributed by atoms with Crippen LogP contribution in [0.5, 0.6) is 5.75 Å². The van der Waals surface area contributed by atoms with Gasteiger partial charge < -0.3 is 9.47 Å². The lowest BCUT2D eigenvalue weighted by Gasteiger charge is -2.19. The average Bonchev–Trinajstić information content (AvgIpc) is 2.36. The minimum absolute atomic E-state index is 0.238. The minimum atomic E-state index is -0.444. The summed E-state index contributed by atoms with van der Waals surface area (Å²) in [5.41, 5.74) is -0.444. The summed E-state index contributed by atoms with van der Waals surface area (Å²) in [4.78, 5) is 11.6. The molecule has 0 atom stereocenters. The molecule has 0 spiro atoms. The molecule has 3 heteroatoms. The lowest BCUT2D eigenvalue weighted by molar-refractivity contribution is -0.155. The van der Waals surface area contributed by atoms with Crippen LogP contribution < -0.4 is 4.74 Å². The van der Waals surface area contributed by atoms with Crippen LogP contribution in [0.2, 0.25) is 0 Å². The molecule has 0 aliphatic heterocycles. The number of fused-ring (bicyclic) bond motifs is 1. The molecule has 0 fully saturated rings. The van der Waals surface area contributed by atoms with Crippen molar-refractivity contribution in [1.29, 1.82) is 0 Å². The first kappa shape index (κ1) is 14.4. The number of carbonyl (C=O) groups excluding carboxylic acids is 1. The van der Waals surface area contributed by atoms with Gasteiger partial charge >= 0.3 is 5.97 Å². The van der Waals surface area contributed by atoms with E-state index in [2.05, 4.69) is 6.07 Å². The first-order chi connectivity index (χ1) is 9.44. The van der Waals surface area contributed by atoms with Gasteiger partial charge in [-0.05, 0) is 43.7 Å². The molecule has 2 aromatic carbocycles. The second-order valence-electron chi connectivity index (χ2n) is 5.69. The maximum Gasteiger partial charge on any atom is 0.309 e. The van der Waals surface area contributed by atoms with Crippen LogP contribution in [0.3, 0.4) is 0 Å². The summed E-state index contributed by atoms with van der Waals surface area (Å²) in [6.45, 7) is 5.90. The molecule has 0 unspecified atom stereocenters. The van der Waals surface area contributed by atoms with Crippen LogP contribution in [-0.4, -0.2) is 18.2 Å². The van der Waals surface area contributed by atoms with E-state index in [1.54, 1.807) is 0 Å². The molecule has 0 aliphatic carbocycles. The molecule has 0 saturated carbocycles. The first-order valence-electron chi connectivity index (χ1n) is 6.77. The Kier molecular flexibility index (Phi) is 4.28. The normalized spacial score (nSPS) is 11.3. The number of hydrogen-bond acceptors (Lipinski definition) is 3. The zero-order valence-electron chi connectivity index (χ0n) is 12.2. The third kappa shape index (κ3) is 4.26. The zero-order chi connectivity index (χ0) is 14.6. The van der Waals surface area contributed by atoms with Gasteiger partial charge in [-0.25, -0.2) is 0 Å². The Hall–Kier alpha value is -2.03. The van der Waals surface area contributed by atoms with Gasteiger partial charge in [0.2, 0.25) is 0 Å². The number of ether oxygens (including phenoxy) is 2. The molecule has 0 radical (unpaired) electrons. The molecule has 0 heterocycles. The number of esters is 1. The summed E-state index contributed by atoms with van der Waals surface area (Å²) >= 11 is 0. The van der Waals surface area contributed by atoms with E-state index >= 15 is 0 Å². The molecule has 2 aromatic rings. The quantitative estimate of drug-likeness (QED) is 0.790. The highest BCUT2D eigenvalue weighted by molar-refractivity contribution is 5.83. The maximum absolute atomic E-state index is 11.6. The van der Waals surface area contributed by atoms with Crippen molar-refractivity contribution in [3.63, 3.8) is 0 Å². The van der Waals surface area contributed by atoms with Gasteiger partial charge in [-0.3, -0.25) is 4.79 Å². The van der Waals surface area contributed by atoms with Crippen molar-refractivity contribution in [2.45, 2.75) is 32.8 Å². The summed E-state index contributed by atoms with van der Waals surface area (Å²) < 4.78 is 10.8. The third-order valence-electron chi connectivity index (χ3n) is 2.72. The largest absolute Gasteiger partial charge is 0.493 e. The highest BCUT2D eigenvalue weighted by Gasteiger charge is 2.15. The molecule has 0 aliphatic rings. The fraction of sp³-hybridized carbons (Fsp3) is 0.353. The predicted molar refractivity (Wildman–Crippen MR) is 79.9 cm³/mol. The van der Waals surface area contributed by atoms with Gasteiger partial charge in [-0.1, -0.05) is 30.3 Å². The predicted octanol–water partition coefficient (Wildman–Crippen LogP) is 3.95. The molecule has 0 N–H and O–H groups in total. The van der Waals surface area contributed by atoms with Gasteiger partial charge in [0.05, 0.1) is 13.0 Å². The molecule has 2 rings (SSSR count). The number of benzene rings is 2. The van der Waals surface area contributed by atoms with Gasteiger partial charge in [0.25, 0.3) is 0 Å². The Labute approximate surface area is 119 Å². The number of rotatable bonds is 4. The van der Waals surface area contributed by atoms with Crippen LogP contribution in [0.25, 0.3) is 10.8 Å². The average molecular weight is 272 g/mol. The Bertz CT molecular complexity index is 596. The molecule has 0 amide bonds. The summed E-state index contributed by atoms with van der Waals surface area (Å²) in [6.07, 6.45) is 0.254. The Morgan fingerprint density at radius 3 is 2.45 bits per heavy atom. The van der Waals surface area contributed by atoms with Crippen molar-refractivity contribution in [2.24, 2.45) is 0 Å². The van der Waals surface area contributed by atoms with E-state index in [-0.39, 0.29) is 12.4 Å². The van der Waals surface area contributed by atoms with E-state index < -0.39 is 5.60 Å². The summed E-state index contributed by atoms with van der Waals surface area (Å²) in [6, 6.07) is 14.0. The third-order valence-corrected chi connectivity index (χ3v) is 2.72. The molecular weight excluding hydrogens is 252 g/mol. The van der Waals surface area contributed by atoms with E-state index in [1.165, 1.54) is 5.39 Å². The SMILES string of the molecule is CC(C)(C)OC(=O)CCOc1ccc2ccccc2c1. The van der Waals surface area contributed by atoms with Crippen LogP contribution in [0.4, 0.5) is 0 Å². The maximum atomic E-state index is 11.6. The number of carbonyl (C=O) groups is 1. The fourth-order valence-electron chi connectivity index (χ4n) is 1.90. The van der Waals surface area contributed by atoms with E-state index in [1.807, 2.05) is 57.2 Å². The Balaban J connectivity index is 1.88. The monoisotopic (exact) mass is 272 g/mol. The van der Waals surface area contributed by atoms with Gasteiger partial charge in [0, 0.05) is 0 Å². The van der Waals surface area contributed by atoms with E-state index in [0.717, 1.165) is 11.1 Å². The fourth-order valence-corrected chi connectivity index (χ4v) is 1.90. The minimum Gasteiger partial charge on any atom is -0.493 e. The highest BCUT2D eigenvalue weighted by Crippen LogP contribution is 2.20. The second-order valence-corrected chi connectivity index (χ2v) is 5.69. The molecule has 0 aromatic heterocycles.